The average Bonchev–Trinajstić information content (AvgIpc) is 2.43. The van der Waals surface area contributed by atoms with Crippen LogP contribution >= 0.6 is 59.9 Å². The molecule has 2 aromatic carbocycles. The van der Waals surface area contributed by atoms with Crippen LogP contribution in [0.3, 0.4) is 0 Å². The Kier molecular flexibility index (Phi) is 16.4. The first kappa shape index (κ1) is 25.7. The second-order valence-electron chi connectivity index (χ2n) is 4.20. The third-order valence-electron chi connectivity index (χ3n) is 2.32. The Morgan fingerprint density at radius 2 is 1.22 bits per heavy atom. The van der Waals surface area contributed by atoms with Gasteiger partial charge in [-0.1, -0.05) is 42.8 Å². The van der Waals surface area contributed by atoms with E-state index in [0.717, 1.165) is 11.3 Å². The molecule has 0 radical (unpaired) electrons. The van der Waals surface area contributed by atoms with Gasteiger partial charge >= 0.3 is 64.9 Å². The van der Waals surface area contributed by atoms with Gasteiger partial charge in [0, 0.05) is 17.8 Å². The van der Waals surface area contributed by atoms with Crippen LogP contribution in [-0.4, -0.2) is 4.92 Å². The van der Waals surface area contributed by atoms with E-state index in [9.17, 15) is 10.1 Å². The van der Waals surface area contributed by atoms with Crippen LogP contribution in [0.4, 0.5) is 11.4 Å². The van der Waals surface area contributed by atoms with Gasteiger partial charge in [0.25, 0.3) is 5.69 Å². The molecule has 0 amide bonds. The SMILES string of the molecule is C.Cc1ccc(N)cc1.Cc1ccc([N+](=O)[O-])cc1.[I][V]([I])[I]. The Morgan fingerprint density at radius 3 is 1.48 bits per heavy atom. The van der Waals surface area contributed by atoms with E-state index in [1.807, 2.05) is 38.1 Å². The molecule has 128 valence electrons. The molecule has 0 heterocycles. The molecule has 0 saturated heterocycles. The number of hydrogen-bond acceptors (Lipinski definition) is 3. The summed E-state index contributed by atoms with van der Waals surface area (Å²) in [6.45, 7) is 3.93. The number of rotatable bonds is 1. The average molecular weight is 692 g/mol. The Balaban J connectivity index is 0. The molecule has 0 aromatic heterocycles. The zero-order chi connectivity index (χ0) is 17.1. The number of nitrogen functional groups attached to an aromatic ring is 1. The summed E-state index contributed by atoms with van der Waals surface area (Å²) in [6.07, 6.45) is 0. The van der Waals surface area contributed by atoms with E-state index in [1.54, 1.807) is 12.1 Å². The standard InChI is InChI=1S/C7H7NO2.C7H9N.CH4.3HI.V/c1-6-2-4-7(5-3-6)8(9)10;1-6-2-4-7(8)5-3-6;;;;;/h2-5H,1H3;2-5H,8H2,1H3;1H4;3*1H;/q;;;;;;+3/p-3. The van der Waals surface area contributed by atoms with Crippen molar-refractivity contribution in [1.29, 1.82) is 0 Å². The minimum atomic E-state index is -0.403. The minimum absolute atomic E-state index is 0. The molecule has 2 aromatic rings. The molecule has 0 spiro atoms. The number of benzene rings is 2. The first-order valence-corrected chi connectivity index (χ1v) is 19.5. The van der Waals surface area contributed by atoms with Gasteiger partial charge in [0.1, 0.15) is 0 Å². The van der Waals surface area contributed by atoms with Gasteiger partial charge in [-0.05, 0) is 26.0 Å². The van der Waals surface area contributed by atoms with Gasteiger partial charge in [0.15, 0.2) is 0 Å². The quantitative estimate of drug-likeness (QED) is 0.155. The first-order valence-electron chi connectivity index (χ1n) is 6.03. The Labute approximate surface area is 175 Å². The Hall–Kier alpha value is 0.414. The third kappa shape index (κ3) is 15.7. The number of nitro benzene ring substituents is 1. The first-order chi connectivity index (χ1) is 10.2. The number of aryl methyl sites for hydroxylation is 2. The number of nitrogens with zero attached hydrogens (tertiary/aromatic N) is 1. The van der Waals surface area contributed by atoms with E-state index in [2.05, 4.69) is 59.9 Å². The van der Waals surface area contributed by atoms with Crippen LogP contribution in [0.1, 0.15) is 18.6 Å². The van der Waals surface area contributed by atoms with Gasteiger partial charge in [-0.3, -0.25) is 10.1 Å². The molecular formula is C15H20I3N2O2V. The van der Waals surface area contributed by atoms with Crippen molar-refractivity contribution in [1.82, 2.24) is 0 Å². The topological polar surface area (TPSA) is 69.2 Å². The second-order valence-corrected chi connectivity index (χ2v) is 39.6. The van der Waals surface area contributed by atoms with Crippen LogP contribution in [0, 0.1) is 24.0 Å². The van der Waals surface area contributed by atoms with Gasteiger partial charge in [0.05, 0.1) is 4.92 Å². The van der Waals surface area contributed by atoms with Crippen molar-refractivity contribution in [2.24, 2.45) is 0 Å². The summed E-state index contributed by atoms with van der Waals surface area (Å²) in [5.41, 5.74) is 8.68. The summed E-state index contributed by atoms with van der Waals surface area (Å²) < 4.78 is 0. The van der Waals surface area contributed by atoms with Gasteiger partial charge in [0.2, 0.25) is 0 Å². The van der Waals surface area contributed by atoms with Crippen molar-refractivity contribution >= 4 is 71.3 Å². The van der Waals surface area contributed by atoms with E-state index in [0.29, 0.717) is 0 Å². The zero-order valence-electron chi connectivity index (χ0n) is 12.0. The number of non-ortho nitro benzene ring substituents is 1. The summed E-state index contributed by atoms with van der Waals surface area (Å²) >= 11 is 7.39. The maximum absolute atomic E-state index is 10.1. The Bertz CT molecular complexity index is 540. The zero-order valence-corrected chi connectivity index (χ0v) is 19.9. The molecule has 2 N–H and O–H groups in total. The van der Waals surface area contributed by atoms with E-state index in [1.165, 1.54) is 17.7 Å². The molecule has 0 aliphatic carbocycles. The van der Waals surface area contributed by atoms with Gasteiger partial charge in [-0.15, -0.1) is 0 Å². The van der Waals surface area contributed by atoms with Crippen molar-refractivity contribution in [2.45, 2.75) is 21.3 Å². The van der Waals surface area contributed by atoms with E-state index >= 15 is 0 Å². The van der Waals surface area contributed by atoms with Gasteiger partial charge < -0.3 is 5.73 Å². The van der Waals surface area contributed by atoms with Crippen LogP contribution in [0.15, 0.2) is 48.5 Å². The summed E-state index contributed by atoms with van der Waals surface area (Å²) in [6, 6.07) is 14.2. The van der Waals surface area contributed by atoms with Crippen LogP contribution in [0.2, 0.25) is 0 Å². The van der Waals surface area contributed by atoms with Crippen LogP contribution < -0.4 is 5.73 Å². The maximum atomic E-state index is 10.1. The molecule has 0 atom stereocenters. The summed E-state index contributed by atoms with van der Waals surface area (Å²) in [7, 11) is 0. The molecule has 23 heavy (non-hydrogen) atoms. The summed E-state index contributed by atoms with van der Waals surface area (Å²) in [5, 5.41) is 10.1. The molecule has 0 unspecified atom stereocenters. The van der Waals surface area contributed by atoms with Gasteiger partial charge in [-0.25, -0.2) is 0 Å². The van der Waals surface area contributed by atoms with Crippen molar-refractivity contribution in [3.05, 3.63) is 69.8 Å². The number of hydrogen-bond donors (Lipinski definition) is 1. The van der Waals surface area contributed by atoms with E-state index in [-0.39, 0.29) is 18.0 Å². The second kappa shape index (κ2) is 14.7. The van der Waals surface area contributed by atoms with Crippen molar-refractivity contribution in [2.75, 3.05) is 5.73 Å². The van der Waals surface area contributed by atoms with Crippen LogP contribution in [0.5, 0.6) is 0 Å². The van der Waals surface area contributed by atoms with E-state index in [4.69, 9.17) is 5.73 Å². The Morgan fingerprint density at radius 1 is 0.913 bits per heavy atom. The predicted molar refractivity (Wildman–Crippen MR) is 122 cm³/mol. The van der Waals surface area contributed by atoms with Crippen LogP contribution in [-0.2, 0) is 4.92 Å². The number of halogens is 3. The van der Waals surface area contributed by atoms with E-state index < -0.39 is 4.92 Å². The molecule has 2 rings (SSSR count). The fraction of sp³-hybridized carbons (Fsp3) is 0.200. The normalized spacial score (nSPS) is 8.78. The molecule has 0 aliphatic rings. The molecule has 0 saturated carbocycles. The molecule has 0 fully saturated rings. The number of anilines is 1. The van der Waals surface area contributed by atoms with Crippen molar-refractivity contribution in [3.8, 4) is 0 Å². The molecule has 4 nitrogen and oxygen atoms in total. The third-order valence-corrected chi connectivity index (χ3v) is 2.32. The molecule has 0 bridgehead atoms. The fourth-order valence-corrected chi connectivity index (χ4v) is 1.23. The monoisotopic (exact) mass is 692 g/mol. The van der Waals surface area contributed by atoms with Crippen LogP contribution in [0.25, 0.3) is 0 Å². The number of nitrogens with two attached hydrogens (primary N) is 1. The van der Waals surface area contributed by atoms with Crippen molar-refractivity contribution in [3.63, 3.8) is 0 Å². The van der Waals surface area contributed by atoms with Gasteiger partial charge in [-0.2, -0.15) is 0 Å². The fourth-order valence-electron chi connectivity index (χ4n) is 1.23. The molecular weight excluding hydrogens is 672 g/mol. The molecule has 0 aliphatic heterocycles. The van der Waals surface area contributed by atoms with Crippen molar-refractivity contribution < 1.29 is 9.84 Å². The summed E-state index contributed by atoms with van der Waals surface area (Å²) in [4.78, 5) is 9.44. The number of nitro groups is 1. The summed E-state index contributed by atoms with van der Waals surface area (Å²) in [5.74, 6) is 0. The predicted octanol–water partition coefficient (Wildman–Crippen LogP) is 6.77. The molecule has 8 heteroatoms.